The summed E-state index contributed by atoms with van der Waals surface area (Å²) in [4.78, 5) is 2.39. The molecule has 1 aliphatic heterocycles. The normalized spacial score (nSPS) is 14.8. The molecule has 128 valence electrons. The Hall–Kier alpha value is -2.73. The smallest absolute Gasteiger partial charge is 0.0991 e. The Morgan fingerprint density at radius 1 is 1.16 bits per heavy atom. The lowest BCUT2D eigenvalue weighted by atomic mass is 9.88. The Labute approximate surface area is 150 Å². The van der Waals surface area contributed by atoms with E-state index in [1.54, 1.807) is 0 Å². The van der Waals surface area contributed by atoms with Crippen LogP contribution in [0.2, 0.25) is 0 Å². The molecule has 3 heteroatoms. The van der Waals surface area contributed by atoms with Gasteiger partial charge in [0.05, 0.1) is 11.6 Å². The molecule has 0 radical (unpaired) electrons. The Kier molecular flexibility index (Phi) is 5.09. The Balaban J connectivity index is 1.65. The van der Waals surface area contributed by atoms with Gasteiger partial charge in [0, 0.05) is 31.5 Å². The average molecular weight is 331 g/mol. The summed E-state index contributed by atoms with van der Waals surface area (Å²) in [6.07, 6.45) is 2.24. The minimum atomic E-state index is 0.572. The fraction of sp³-hybridized carbons (Fsp3) is 0.318. The van der Waals surface area contributed by atoms with Crippen molar-refractivity contribution < 1.29 is 0 Å². The highest BCUT2D eigenvalue weighted by Crippen LogP contribution is 2.32. The molecule has 2 aromatic rings. The van der Waals surface area contributed by atoms with E-state index in [1.165, 1.54) is 16.7 Å². The van der Waals surface area contributed by atoms with E-state index >= 15 is 0 Å². The van der Waals surface area contributed by atoms with Crippen LogP contribution in [0.15, 0.2) is 49.0 Å². The standard InChI is InChI=1S/C22H25N3/c1-16-4-7-21(14-22(16)24-3)17(2)25-12-10-20(11-13-25)19-8-5-18(15-23)6-9-19/h4-9,14,20,24H,2,10-13H2,1,3H3. The topological polar surface area (TPSA) is 39.1 Å². The van der Waals surface area contributed by atoms with Crippen molar-refractivity contribution in [1.82, 2.24) is 4.90 Å². The molecular weight excluding hydrogens is 306 g/mol. The van der Waals surface area contributed by atoms with Crippen LogP contribution in [-0.2, 0) is 0 Å². The number of nitrogens with one attached hydrogen (secondary N) is 1. The van der Waals surface area contributed by atoms with Crippen molar-refractivity contribution in [3.8, 4) is 6.07 Å². The van der Waals surface area contributed by atoms with E-state index in [9.17, 15) is 0 Å². The van der Waals surface area contributed by atoms with Crippen molar-refractivity contribution in [2.45, 2.75) is 25.7 Å². The van der Waals surface area contributed by atoms with Crippen molar-refractivity contribution in [2.24, 2.45) is 0 Å². The van der Waals surface area contributed by atoms with E-state index in [4.69, 9.17) is 5.26 Å². The SMILES string of the molecule is C=C(c1ccc(C)c(NC)c1)N1CCC(c2ccc(C#N)cc2)CC1. The van der Waals surface area contributed by atoms with Crippen molar-refractivity contribution in [1.29, 1.82) is 5.26 Å². The number of hydrogen-bond donors (Lipinski definition) is 1. The molecule has 0 amide bonds. The second-order valence-corrected chi connectivity index (χ2v) is 6.72. The Morgan fingerprint density at radius 3 is 2.44 bits per heavy atom. The number of piperidine rings is 1. The minimum absolute atomic E-state index is 0.572. The molecule has 0 saturated carbocycles. The van der Waals surface area contributed by atoms with Gasteiger partial charge in [-0.25, -0.2) is 0 Å². The number of likely N-dealkylation sites (tertiary alicyclic amines) is 1. The van der Waals surface area contributed by atoms with E-state index in [1.807, 2.05) is 19.2 Å². The van der Waals surface area contributed by atoms with Gasteiger partial charge >= 0.3 is 0 Å². The van der Waals surface area contributed by atoms with Crippen LogP contribution < -0.4 is 5.32 Å². The first-order valence-corrected chi connectivity index (χ1v) is 8.85. The van der Waals surface area contributed by atoms with Gasteiger partial charge in [-0.05, 0) is 60.6 Å². The van der Waals surface area contributed by atoms with Gasteiger partial charge in [0.15, 0.2) is 0 Å². The second-order valence-electron chi connectivity index (χ2n) is 6.72. The van der Waals surface area contributed by atoms with Crippen LogP contribution in [0.3, 0.4) is 0 Å². The zero-order valence-corrected chi connectivity index (χ0v) is 15.0. The summed E-state index contributed by atoms with van der Waals surface area (Å²) >= 11 is 0. The molecule has 25 heavy (non-hydrogen) atoms. The van der Waals surface area contributed by atoms with E-state index in [2.05, 4.69) is 60.1 Å². The molecule has 2 aromatic carbocycles. The molecule has 1 aliphatic rings. The van der Waals surface area contributed by atoms with Gasteiger partial charge in [0.2, 0.25) is 0 Å². The molecule has 1 fully saturated rings. The molecule has 1 heterocycles. The van der Waals surface area contributed by atoms with E-state index in [-0.39, 0.29) is 0 Å². The maximum absolute atomic E-state index is 8.93. The maximum atomic E-state index is 8.93. The highest BCUT2D eigenvalue weighted by atomic mass is 15.1. The van der Waals surface area contributed by atoms with Crippen molar-refractivity contribution in [2.75, 3.05) is 25.5 Å². The first-order chi connectivity index (χ1) is 12.1. The van der Waals surface area contributed by atoms with Gasteiger partial charge in [-0.15, -0.1) is 0 Å². The van der Waals surface area contributed by atoms with Crippen LogP contribution in [0, 0.1) is 18.3 Å². The second kappa shape index (κ2) is 7.44. The summed E-state index contributed by atoms with van der Waals surface area (Å²) in [6, 6.07) is 16.7. The zero-order valence-electron chi connectivity index (χ0n) is 15.0. The lowest BCUT2D eigenvalue weighted by Crippen LogP contribution is -2.31. The fourth-order valence-corrected chi connectivity index (χ4v) is 3.57. The lowest BCUT2D eigenvalue weighted by Gasteiger charge is -2.35. The molecule has 0 aliphatic carbocycles. The maximum Gasteiger partial charge on any atom is 0.0991 e. The molecule has 0 atom stereocenters. The highest BCUT2D eigenvalue weighted by molar-refractivity contribution is 5.67. The van der Waals surface area contributed by atoms with Gasteiger partial charge in [0.1, 0.15) is 0 Å². The summed E-state index contributed by atoms with van der Waals surface area (Å²) in [5, 5.41) is 12.2. The molecule has 1 saturated heterocycles. The molecule has 3 rings (SSSR count). The van der Waals surface area contributed by atoms with Crippen molar-refractivity contribution >= 4 is 11.4 Å². The number of nitrogens with zero attached hydrogens (tertiary/aromatic N) is 2. The molecule has 0 unspecified atom stereocenters. The average Bonchev–Trinajstić information content (AvgIpc) is 2.68. The minimum Gasteiger partial charge on any atom is -0.388 e. The van der Waals surface area contributed by atoms with Crippen LogP contribution >= 0.6 is 0 Å². The molecular formula is C22H25N3. The predicted octanol–water partition coefficient (Wildman–Crippen LogP) is 4.76. The van der Waals surface area contributed by atoms with Gasteiger partial charge in [-0.3, -0.25) is 0 Å². The number of aryl methyl sites for hydroxylation is 1. The van der Waals surface area contributed by atoms with Gasteiger partial charge in [-0.2, -0.15) is 5.26 Å². The van der Waals surface area contributed by atoms with E-state index < -0.39 is 0 Å². The third kappa shape index (κ3) is 3.69. The molecule has 0 bridgehead atoms. The quantitative estimate of drug-likeness (QED) is 0.878. The van der Waals surface area contributed by atoms with Gasteiger partial charge in [0.25, 0.3) is 0 Å². The Morgan fingerprint density at radius 2 is 1.84 bits per heavy atom. The summed E-state index contributed by atoms with van der Waals surface area (Å²) in [5.74, 6) is 0.572. The highest BCUT2D eigenvalue weighted by Gasteiger charge is 2.22. The predicted molar refractivity (Wildman–Crippen MR) is 104 cm³/mol. The van der Waals surface area contributed by atoms with Crippen molar-refractivity contribution in [3.05, 3.63) is 71.3 Å². The first-order valence-electron chi connectivity index (χ1n) is 8.85. The number of rotatable bonds is 4. The first kappa shape index (κ1) is 17.1. The van der Waals surface area contributed by atoms with Crippen LogP contribution in [0.25, 0.3) is 5.70 Å². The summed E-state index contributed by atoms with van der Waals surface area (Å²) < 4.78 is 0. The van der Waals surface area contributed by atoms with E-state index in [0.29, 0.717) is 5.92 Å². The zero-order chi connectivity index (χ0) is 17.8. The number of nitriles is 1. The lowest BCUT2D eigenvalue weighted by molar-refractivity contribution is 0.299. The molecule has 0 aromatic heterocycles. The van der Waals surface area contributed by atoms with Crippen LogP contribution in [0.4, 0.5) is 5.69 Å². The number of anilines is 1. The number of hydrogen-bond acceptors (Lipinski definition) is 3. The van der Waals surface area contributed by atoms with Gasteiger partial charge < -0.3 is 10.2 Å². The summed E-state index contributed by atoms with van der Waals surface area (Å²) in [7, 11) is 1.96. The monoisotopic (exact) mass is 331 g/mol. The third-order valence-corrected chi connectivity index (χ3v) is 5.23. The van der Waals surface area contributed by atoms with Gasteiger partial charge in [-0.1, -0.05) is 30.8 Å². The fourth-order valence-electron chi connectivity index (χ4n) is 3.57. The molecule has 1 N–H and O–H groups in total. The molecule has 3 nitrogen and oxygen atoms in total. The summed E-state index contributed by atoms with van der Waals surface area (Å²) in [6.45, 7) is 8.49. The molecule has 0 spiro atoms. The summed E-state index contributed by atoms with van der Waals surface area (Å²) in [5.41, 5.74) is 6.78. The van der Waals surface area contributed by atoms with Crippen molar-refractivity contribution in [3.63, 3.8) is 0 Å². The van der Waals surface area contributed by atoms with Crippen LogP contribution in [-0.4, -0.2) is 25.0 Å². The number of benzene rings is 2. The largest absolute Gasteiger partial charge is 0.388 e. The third-order valence-electron chi connectivity index (χ3n) is 5.23. The van der Waals surface area contributed by atoms with Crippen LogP contribution in [0.1, 0.15) is 41.0 Å². The van der Waals surface area contributed by atoms with Crippen LogP contribution in [0.5, 0.6) is 0 Å². The Bertz CT molecular complexity index is 791. The van der Waals surface area contributed by atoms with E-state index in [0.717, 1.165) is 42.9 Å².